The molecule has 2 aromatic rings. The van der Waals surface area contributed by atoms with Gasteiger partial charge in [-0.2, -0.15) is 5.10 Å². The van der Waals surface area contributed by atoms with Crippen molar-refractivity contribution in [3.63, 3.8) is 0 Å². The SMILES string of the molecule is Cc1ccc(=O)n(CC2CCN(C(=O)C3OCCc4ccccc43)CC2)n1. The van der Waals surface area contributed by atoms with Crippen molar-refractivity contribution in [1.29, 1.82) is 0 Å². The third kappa shape index (κ3) is 3.81. The molecule has 1 saturated heterocycles. The van der Waals surface area contributed by atoms with Gasteiger partial charge in [0.15, 0.2) is 6.10 Å². The molecule has 27 heavy (non-hydrogen) atoms. The highest BCUT2D eigenvalue weighted by atomic mass is 16.5. The van der Waals surface area contributed by atoms with E-state index in [0.717, 1.165) is 30.5 Å². The number of piperidine rings is 1. The van der Waals surface area contributed by atoms with E-state index < -0.39 is 6.10 Å². The third-order valence-corrected chi connectivity index (χ3v) is 5.58. The van der Waals surface area contributed by atoms with E-state index in [4.69, 9.17) is 4.74 Å². The van der Waals surface area contributed by atoms with Crippen LogP contribution in [0.3, 0.4) is 0 Å². The van der Waals surface area contributed by atoms with Crippen molar-refractivity contribution in [3.05, 3.63) is 63.6 Å². The highest BCUT2D eigenvalue weighted by molar-refractivity contribution is 5.83. The van der Waals surface area contributed by atoms with Crippen LogP contribution in [0.15, 0.2) is 41.2 Å². The van der Waals surface area contributed by atoms with Gasteiger partial charge in [0.05, 0.1) is 12.3 Å². The summed E-state index contributed by atoms with van der Waals surface area (Å²) in [6.45, 7) is 4.49. The lowest BCUT2D eigenvalue weighted by atomic mass is 9.94. The van der Waals surface area contributed by atoms with Gasteiger partial charge in [-0.25, -0.2) is 4.68 Å². The van der Waals surface area contributed by atoms with E-state index in [0.29, 0.717) is 32.2 Å². The molecule has 4 rings (SSSR count). The molecule has 3 heterocycles. The minimum atomic E-state index is -0.479. The summed E-state index contributed by atoms with van der Waals surface area (Å²) in [4.78, 5) is 26.9. The number of hydrogen-bond acceptors (Lipinski definition) is 4. The van der Waals surface area contributed by atoms with Crippen LogP contribution in [0.4, 0.5) is 0 Å². The summed E-state index contributed by atoms with van der Waals surface area (Å²) in [5, 5.41) is 4.32. The molecule has 142 valence electrons. The normalized spacial score (nSPS) is 20.3. The number of rotatable bonds is 3. The van der Waals surface area contributed by atoms with E-state index in [9.17, 15) is 9.59 Å². The van der Waals surface area contributed by atoms with Crippen LogP contribution in [-0.2, 0) is 22.5 Å². The molecule has 0 bridgehead atoms. The predicted molar refractivity (Wildman–Crippen MR) is 101 cm³/mol. The predicted octanol–water partition coefficient (Wildman–Crippen LogP) is 2.10. The van der Waals surface area contributed by atoms with Crippen molar-refractivity contribution < 1.29 is 9.53 Å². The Kier molecular flexibility index (Phi) is 5.07. The molecule has 6 heteroatoms. The fraction of sp³-hybridized carbons (Fsp3) is 0.476. The number of fused-ring (bicyclic) bond motifs is 1. The average molecular weight is 367 g/mol. The number of aryl methyl sites for hydroxylation is 1. The van der Waals surface area contributed by atoms with Gasteiger partial charge < -0.3 is 9.64 Å². The van der Waals surface area contributed by atoms with Crippen molar-refractivity contribution in [3.8, 4) is 0 Å². The van der Waals surface area contributed by atoms with Gasteiger partial charge >= 0.3 is 0 Å². The van der Waals surface area contributed by atoms with Crippen molar-refractivity contribution >= 4 is 5.91 Å². The highest BCUT2D eigenvalue weighted by Gasteiger charge is 2.33. The molecule has 2 aliphatic rings. The lowest BCUT2D eigenvalue weighted by molar-refractivity contribution is -0.146. The summed E-state index contributed by atoms with van der Waals surface area (Å²) in [6.07, 6.45) is 2.14. The Morgan fingerprint density at radius 2 is 1.96 bits per heavy atom. The monoisotopic (exact) mass is 367 g/mol. The first kappa shape index (κ1) is 17.9. The largest absolute Gasteiger partial charge is 0.363 e. The van der Waals surface area contributed by atoms with Crippen molar-refractivity contribution in [2.24, 2.45) is 5.92 Å². The topological polar surface area (TPSA) is 64.4 Å². The Morgan fingerprint density at radius 1 is 1.19 bits per heavy atom. The fourth-order valence-electron chi connectivity index (χ4n) is 4.03. The second kappa shape index (κ2) is 7.64. The van der Waals surface area contributed by atoms with Crippen LogP contribution in [0.5, 0.6) is 0 Å². The maximum absolute atomic E-state index is 13.0. The first-order chi connectivity index (χ1) is 13.1. The van der Waals surface area contributed by atoms with Gasteiger partial charge in [-0.1, -0.05) is 24.3 Å². The number of benzene rings is 1. The summed E-state index contributed by atoms with van der Waals surface area (Å²) in [5.74, 6) is 0.423. The second-order valence-electron chi connectivity index (χ2n) is 7.46. The maximum atomic E-state index is 13.0. The second-order valence-corrected chi connectivity index (χ2v) is 7.46. The molecule has 1 aromatic carbocycles. The van der Waals surface area contributed by atoms with Crippen LogP contribution in [0.25, 0.3) is 0 Å². The molecule has 1 amide bonds. The third-order valence-electron chi connectivity index (χ3n) is 5.58. The molecule has 1 unspecified atom stereocenters. The number of carbonyl (C=O) groups is 1. The number of amides is 1. The molecular formula is C21H25N3O3. The van der Waals surface area contributed by atoms with Gasteiger partial charge in [0.1, 0.15) is 0 Å². The number of ether oxygens (including phenoxy) is 1. The summed E-state index contributed by atoms with van der Waals surface area (Å²) in [6, 6.07) is 11.4. The number of carbonyl (C=O) groups excluding carboxylic acids is 1. The summed E-state index contributed by atoms with van der Waals surface area (Å²) in [5.41, 5.74) is 3.00. The summed E-state index contributed by atoms with van der Waals surface area (Å²) < 4.78 is 7.38. The molecule has 0 spiro atoms. The Bertz CT molecular complexity index is 884. The average Bonchev–Trinajstić information content (AvgIpc) is 2.70. The van der Waals surface area contributed by atoms with Gasteiger partial charge in [0.2, 0.25) is 0 Å². The molecule has 0 aliphatic carbocycles. The van der Waals surface area contributed by atoms with Crippen LogP contribution in [-0.4, -0.2) is 40.3 Å². The molecule has 6 nitrogen and oxygen atoms in total. The molecule has 1 fully saturated rings. The number of hydrogen-bond donors (Lipinski definition) is 0. The number of likely N-dealkylation sites (tertiary alicyclic amines) is 1. The zero-order valence-electron chi connectivity index (χ0n) is 15.6. The standard InChI is InChI=1S/C21H25N3O3/c1-15-6-7-19(25)24(22-15)14-16-8-11-23(12-9-16)21(26)20-18-5-3-2-4-17(18)10-13-27-20/h2-7,16,20H,8-14H2,1H3. The zero-order chi connectivity index (χ0) is 18.8. The molecular weight excluding hydrogens is 342 g/mol. The van der Waals surface area contributed by atoms with Crippen LogP contribution in [0, 0.1) is 12.8 Å². The first-order valence-electron chi connectivity index (χ1n) is 9.65. The first-order valence-corrected chi connectivity index (χ1v) is 9.65. The Balaban J connectivity index is 1.39. The van der Waals surface area contributed by atoms with Crippen molar-refractivity contribution in [2.75, 3.05) is 19.7 Å². The fourth-order valence-corrected chi connectivity index (χ4v) is 4.03. The smallest absolute Gasteiger partial charge is 0.266 e. The van der Waals surface area contributed by atoms with Gasteiger partial charge in [-0.05, 0) is 49.3 Å². The van der Waals surface area contributed by atoms with Crippen LogP contribution in [0.1, 0.15) is 35.8 Å². The molecule has 1 atom stereocenters. The van der Waals surface area contributed by atoms with Crippen LogP contribution < -0.4 is 5.56 Å². The zero-order valence-corrected chi connectivity index (χ0v) is 15.6. The summed E-state index contributed by atoms with van der Waals surface area (Å²) >= 11 is 0. The number of aromatic nitrogens is 2. The van der Waals surface area contributed by atoms with Gasteiger partial charge in [0.25, 0.3) is 11.5 Å². The van der Waals surface area contributed by atoms with E-state index >= 15 is 0 Å². The molecule has 0 saturated carbocycles. The van der Waals surface area contributed by atoms with Crippen LogP contribution >= 0.6 is 0 Å². The van der Waals surface area contributed by atoms with Crippen molar-refractivity contribution in [2.45, 2.75) is 38.8 Å². The van der Waals surface area contributed by atoms with E-state index in [1.54, 1.807) is 16.8 Å². The van der Waals surface area contributed by atoms with E-state index in [-0.39, 0.29) is 11.5 Å². The molecule has 2 aliphatic heterocycles. The number of nitrogens with zero attached hydrogens (tertiary/aromatic N) is 3. The molecule has 1 aromatic heterocycles. The minimum Gasteiger partial charge on any atom is -0.363 e. The van der Waals surface area contributed by atoms with Crippen LogP contribution in [0.2, 0.25) is 0 Å². The quantitative estimate of drug-likeness (QED) is 0.833. The van der Waals surface area contributed by atoms with Crippen molar-refractivity contribution in [1.82, 2.24) is 14.7 Å². The van der Waals surface area contributed by atoms with E-state index in [2.05, 4.69) is 11.2 Å². The Hall–Kier alpha value is -2.47. The van der Waals surface area contributed by atoms with Gasteiger partial charge in [0, 0.05) is 25.7 Å². The van der Waals surface area contributed by atoms with Gasteiger partial charge in [-0.3, -0.25) is 9.59 Å². The van der Waals surface area contributed by atoms with Gasteiger partial charge in [-0.15, -0.1) is 0 Å². The summed E-state index contributed by atoms with van der Waals surface area (Å²) in [7, 11) is 0. The van der Waals surface area contributed by atoms with E-state index in [1.807, 2.05) is 30.0 Å². The lowest BCUT2D eigenvalue weighted by Crippen LogP contribution is -2.43. The maximum Gasteiger partial charge on any atom is 0.266 e. The molecule has 0 N–H and O–H groups in total. The Morgan fingerprint density at radius 3 is 2.78 bits per heavy atom. The lowest BCUT2D eigenvalue weighted by Gasteiger charge is -2.35. The highest BCUT2D eigenvalue weighted by Crippen LogP contribution is 2.30. The van der Waals surface area contributed by atoms with E-state index in [1.165, 1.54) is 5.56 Å². The molecule has 0 radical (unpaired) electrons. The Labute approximate surface area is 158 Å². The minimum absolute atomic E-state index is 0.0615.